The van der Waals surface area contributed by atoms with E-state index in [1.165, 1.54) is 12.1 Å². The second kappa shape index (κ2) is 7.72. The van der Waals surface area contributed by atoms with Crippen LogP contribution in [0, 0.1) is 0 Å². The van der Waals surface area contributed by atoms with Gasteiger partial charge in [-0.15, -0.1) is 0 Å². The van der Waals surface area contributed by atoms with Gasteiger partial charge in [-0.1, -0.05) is 36.5 Å². The highest BCUT2D eigenvalue weighted by Gasteiger charge is 2.18. The number of carbonyl (C=O) groups excluding carboxylic acids is 1. The van der Waals surface area contributed by atoms with Crippen LogP contribution in [0.15, 0.2) is 12.1 Å². The van der Waals surface area contributed by atoms with Crippen molar-refractivity contribution < 1.29 is 9.53 Å². The van der Waals surface area contributed by atoms with Gasteiger partial charge in [0.2, 0.25) is 0 Å². The number of nitrogens with two attached hydrogens (primary N) is 1. The number of carbonyl (C=O) groups is 1. The highest BCUT2D eigenvalue weighted by atomic mass is 35.5. The fourth-order valence-electron chi connectivity index (χ4n) is 1.84. The Kier molecular flexibility index (Phi) is 6.59. The predicted octanol–water partition coefficient (Wildman–Crippen LogP) is 4.11. The van der Waals surface area contributed by atoms with E-state index in [1.807, 2.05) is 6.92 Å². The molecular formula is C14H20Cl2N2O2. The summed E-state index contributed by atoms with van der Waals surface area (Å²) in [5.41, 5.74) is 6.48. The first-order valence-corrected chi connectivity index (χ1v) is 7.31. The summed E-state index contributed by atoms with van der Waals surface area (Å²) < 4.78 is 5.61. The van der Waals surface area contributed by atoms with Gasteiger partial charge < -0.3 is 15.8 Å². The molecule has 0 fully saturated rings. The molecule has 20 heavy (non-hydrogen) atoms. The highest BCUT2D eigenvalue weighted by molar-refractivity contribution is 6.37. The van der Waals surface area contributed by atoms with E-state index in [9.17, 15) is 4.79 Å². The average Bonchev–Trinajstić information content (AvgIpc) is 2.33. The van der Waals surface area contributed by atoms with Crippen molar-refractivity contribution in [3.63, 3.8) is 0 Å². The molecule has 0 aliphatic heterocycles. The third kappa shape index (κ3) is 4.85. The lowest BCUT2D eigenvalue weighted by Crippen LogP contribution is -2.31. The van der Waals surface area contributed by atoms with Gasteiger partial charge in [0.15, 0.2) is 0 Å². The Balaban J connectivity index is 2.71. The van der Waals surface area contributed by atoms with Crippen LogP contribution in [0.1, 0.15) is 33.6 Å². The van der Waals surface area contributed by atoms with Gasteiger partial charge in [0, 0.05) is 5.02 Å². The third-order valence-electron chi connectivity index (χ3n) is 2.83. The summed E-state index contributed by atoms with van der Waals surface area (Å²) in [6.45, 7) is 5.71. The van der Waals surface area contributed by atoms with Crippen LogP contribution in [-0.2, 0) is 9.53 Å². The molecule has 0 aliphatic carbocycles. The quantitative estimate of drug-likeness (QED) is 0.776. The van der Waals surface area contributed by atoms with Crippen molar-refractivity contribution in [3.05, 3.63) is 22.2 Å². The second-order valence-corrected chi connectivity index (χ2v) is 5.56. The lowest BCUT2D eigenvalue weighted by molar-refractivity contribution is -0.129. The summed E-state index contributed by atoms with van der Waals surface area (Å²) in [5.74, 6) is -0.288. The Hall–Kier alpha value is -0.970. The topological polar surface area (TPSA) is 64.3 Å². The molecule has 2 atom stereocenters. The van der Waals surface area contributed by atoms with Crippen LogP contribution in [0.3, 0.4) is 0 Å². The number of hydrogen-bond donors (Lipinski definition) is 2. The van der Waals surface area contributed by atoms with Crippen molar-refractivity contribution in [2.45, 2.75) is 45.8 Å². The van der Waals surface area contributed by atoms with Crippen LogP contribution in [0.5, 0.6) is 0 Å². The Morgan fingerprint density at radius 1 is 1.40 bits per heavy atom. The predicted molar refractivity (Wildman–Crippen MR) is 84.4 cm³/mol. The zero-order valence-corrected chi connectivity index (χ0v) is 13.4. The van der Waals surface area contributed by atoms with Gasteiger partial charge >= 0.3 is 0 Å². The molecule has 4 nitrogen and oxygen atoms in total. The first-order chi connectivity index (χ1) is 9.35. The van der Waals surface area contributed by atoms with Gasteiger partial charge in [-0.2, -0.15) is 0 Å². The van der Waals surface area contributed by atoms with Gasteiger partial charge in [0.05, 0.1) is 22.5 Å². The zero-order chi connectivity index (χ0) is 15.3. The first kappa shape index (κ1) is 17.1. The summed E-state index contributed by atoms with van der Waals surface area (Å²) in [5, 5.41) is 3.40. The Labute approximate surface area is 129 Å². The van der Waals surface area contributed by atoms with E-state index in [2.05, 4.69) is 12.2 Å². The molecule has 0 aliphatic rings. The van der Waals surface area contributed by atoms with E-state index < -0.39 is 6.10 Å². The van der Waals surface area contributed by atoms with Gasteiger partial charge in [0.25, 0.3) is 5.91 Å². The molecule has 0 saturated carbocycles. The fraction of sp³-hybridized carbons (Fsp3) is 0.500. The minimum absolute atomic E-state index is 0.0267. The molecule has 1 amide bonds. The largest absolute Gasteiger partial charge is 0.397 e. The summed E-state index contributed by atoms with van der Waals surface area (Å²) in [4.78, 5) is 12.1. The maximum atomic E-state index is 12.1. The van der Waals surface area contributed by atoms with E-state index in [1.54, 1.807) is 6.92 Å². The Morgan fingerprint density at radius 2 is 2.05 bits per heavy atom. The van der Waals surface area contributed by atoms with Crippen LogP contribution in [0.4, 0.5) is 11.4 Å². The molecule has 1 rings (SSSR count). The van der Waals surface area contributed by atoms with Crippen LogP contribution in [0.25, 0.3) is 0 Å². The van der Waals surface area contributed by atoms with E-state index in [0.29, 0.717) is 21.4 Å². The van der Waals surface area contributed by atoms with E-state index in [0.717, 1.165) is 12.8 Å². The van der Waals surface area contributed by atoms with Crippen molar-refractivity contribution in [2.75, 3.05) is 11.1 Å². The van der Waals surface area contributed by atoms with Crippen LogP contribution in [-0.4, -0.2) is 18.1 Å². The van der Waals surface area contributed by atoms with E-state index in [-0.39, 0.29) is 12.0 Å². The number of benzene rings is 1. The van der Waals surface area contributed by atoms with Crippen LogP contribution < -0.4 is 11.1 Å². The maximum absolute atomic E-state index is 12.1. The molecule has 6 heteroatoms. The van der Waals surface area contributed by atoms with Crippen molar-refractivity contribution in [1.29, 1.82) is 0 Å². The maximum Gasteiger partial charge on any atom is 0.253 e. The Bertz CT molecular complexity index is 457. The lowest BCUT2D eigenvalue weighted by atomic mass is 10.2. The van der Waals surface area contributed by atoms with Crippen LogP contribution in [0.2, 0.25) is 10.0 Å². The SMILES string of the molecule is CCCC(C)OC(C)C(=O)Nc1c(N)cc(Cl)cc1Cl. The molecule has 2 unspecified atom stereocenters. The average molecular weight is 319 g/mol. The standard InChI is InChI=1S/C14H20Cl2N2O2/c1-4-5-8(2)20-9(3)14(19)18-13-11(16)6-10(15)7-12(13)17/h6-9H,4-5,17H2,1-3H3,(H,18,19). The molecule has 0 saturated heterocycles. The molecular weight excluding hydrogens is 299 g/mol. The molecule has 0 spiro atoms. The molecule has 1 aromatic carbocycles. The van der Waals surface area contributed by atoms with E-state index in [4.69, 9.17) is 33.7 Å². The number of nitrogens with one attached hydrogen (secondary N) is 1. The number of amides is 1. The number of ether oxygens (including phenoxy) is 1. The van der Waals surface area contributed by atoms with Crippen molar-refractivity contribution in [1.82, 2.24) is 0 Å². The molecule has 0 radical (unpaired) electrons. The molecule has 0 heterocycles. The fourth-order valence-corrected chi connectivity index (χ4v) is 2.39. The molecule has 0 aromatic heterocycles. The minimum Gasteiger partial charge on any atom is -0.397 e. The minimum atomic E-state index is -0.581. The smallest absolute Gasteiger partial charge is 0.253 e. The number of halogens is 2. The molecule has 112 valence electrons. The third-order valence-corrected chi connectivity index (χ3v) is 3.35. The zero-order valence-electron chi connectivity index (χ0n) is 11.9. The normalized spacial score (nSPS) is 13.8. The van der Waals surface area contributed by atoms with Gasteiger partial charge in [-0.3, -0.25) is 4.79 Å². The number of anilines is 2. The molecule has 0 bridgehead atoms. The first-order valence-electron chi connectivity index (χ1n) is 6.56. The van der Waals surface area contributed by atoms with Gasteiger partial charge in [-0.25, -0.2) is 0 Å². The highest BCUT2D eigenvalue weighted by Crippen LogP contribution is 2.32. The van der Waals surface area contributed by atoms with Crippen molar-refractivity contribution in [3.8, 4) is 0 Å². The summed E-state index contributed by atoms with van der Waals surface area (Å²) >= 11 is 11.8. The summed E-state index contributed by atoms with van der Waals surface area (Å²) in [6, 6.07) is 3.06. The van der Waals surface area contributed by atoms with E-state index >= 15 is 0 Å². The molecule has 1 aromatic rings. The second-order valence-electron chi connectivity index (χ2n) is 4.72. The Morgan fingerprint density at radius 3 is 2.60 bits per heavy atom. The monoisotopic (exact) mass is 318 g/mol. The lowest BCUT2D eigenvalue weighted by Gasteiger charge is -2.19. The number of hydrogen-bond acceptors (Lipinski definition) is 3. The van der Waals surface area contributed by atoms with Crippen LogP contribution >= 0.6 is 23.2 Å². The van der Waals surface area contributed by atoms with Gasteiger partial charge in [0.1, 0.15) is 6.10 Å². The summed E-state index contributed by atoms with van der Waals surface area (Å²) in [6.07, 6.45) is 1.36. The molecule has 3 N–H and O–H groups in total. The number of rotatable bonds is 6. The summed E-state index contributed by atoms with van der Waals surface area (Å²) in [7, 11) is 0. The number of nitrogen functional groups attached to an aromatic ring is 1. The van der Waals surface area contributed by atoms with Crippen molar-refractivity contribution >= 4 is 40.5 Å². The van der Waals surface area contributed by atoms with Gasteiger partial charge in [-0.05, 0) is 32.4 Å². The van der Waals surface area contributed by atoms with Crippen molar-refractivity contribution in [2.24, 2.45) is 0 Å².